The Bertz CT molecular complexity index is 645. The Morgan fingerprint density at radius 1 is 1.57 bits per heavy atom. The molecule has 3 rings (SSSR count). The molecule has 1 aliphatic carbocycles. The van der Waals surface area contributed by atoms with Crippen LogP contribution in [0.4, 0.5) is 0 Å². The summed E-state index contributed by atoms with van der Waals surface area (Å²) >= 11 is 1.56. The van der Waals surface area contributed by atoms with E-state index in [0.717, 1.165) is 17.1 Å². The summed E-state index contributed by atoms with van der Waals surface area (Å²) in [6.45, 7) is 4.06. The van der Waals surface area contributed by atoms with E-state index >= 15 is 0 Å². The van der Waals surface area contributed by atoms with Crippen LogP contribution in [0.1, 0.15) is 60.2 Å². The molecule has 2 aromatic rings. The molecule has 6 heteroatoms. The van der Waals surface area contributed by atoms with Gasteiger partial charge in [-0.15, -0.1) is 11.3 Å². The minimum atomic E-state index is -0.442. The number of aromatic nitrogens is 3. The van der Waals surface area contributed by atoms with Crippen LogP contribution in [0.5, 0.6) is 0 Å². The maximum absolute atomic E-state index is 12.5. The van der Waals surface area contributed by atoms with Crippen molar-refractivity contribution in [1.29, 1.82) is 0 Å². The van der Waals surface area contributed by atoms with Crippen LogP contribution in [0.25, 0.3) is 0 Å². The number of nitrogens with one attached hydrogen (secondary N) is 1. The van der Waals surface area contributed by atoms with E-state index in [1.807, 2.05) is 30.1 Å². The van der Waals surface area contributed by atoms with Gasteiger partial charge in [-0.3, -0.25) is 9.48 Å². The van der Waals surface area contributed by atoms with Gasteiger partial charge in [0.25, 0.3) is 5.91 Å². The first-order chi connectivity index (χ1) is 10.0. The van der Waals surface area contributed by atoms with Crippen molar-refractivity contribution >= 4 is 17.2 Å². The van der Waals surface area contributed by atoms with Crippen LogP contribution in [0.3, 0.4) is 0 Å². The van der Waals surface area contributed by atoms with Crippen LogP contribution in [-0.4, -0.2) is 20.7 Å². The van der Waals surface area contributed by atoms with E-state index in [1.165, 1.54) is 12.8 Å². The highest BCUT2D eigenvalue weighted by atomic mass is 32.1. The lowest BCUT2D eigenvalue weighted by Gasteiger charge is -2.26. The van der Waals surface area contributed by atoms with Crippen LogP contribution in [0.2, 0.25) is 0 Å². The van der Waals surface area contributed by atoms with Crippen LogP contribution in [-0.2, 0) is 12.6 Å². The Hall–Kier alpha value is -1.69. The third kappa shape index (κ3) is 2.72. The molecule has 5 nitrogen and oxygen atoms in total. The van der Waals surface area contributed by atoms with Gasteiger partial charge in [-0.1, -0.05) is 6.92 Å². The molecule has 1 aliphatic rings. The van der Waals surface area contributed by atoms with E-state index in [2.05, 4.69) is 22.3 Å². The number of carbonyl (C=O) groups is 1. The van der Waals surface area contributed by atoms with Crippen molar-refractivity contribution < 1.29 is 4.79 Å². The number of amides is 1. The minimum absolute atomic E-state index is 0.128. The number of thiazole rings is 1. The summed E-state index contributed by atoms with van der Waals surface area (Å²) in [4.78, 5) is 16.9. The average molecular weight is 304 g/mol. The first-order valence-corrected chi connectivity index (χ1v) is 8.18. The SMILES string of the molecule is CC[C@](C)(NC(=O)c1cc(C2CC2)n(C)n1)c1nccs1. The summed E-state index contributed by atoms with van der Waals surface area (Å²) in [6, 6.07) is 1.92. The van der Waals surface area contributed by atoms with Crippen molar-refractivity contribution in [1.82, 2.24) is 20.1 Å². The van der Waals surface area contributed by atoms with Gasteiger partial charge in [0.2, 0.25) is 0 Å². The lowest BCUT2D eigenvalue weighted by atomic mass is 9.99. The number of nitrogens with zero attached hydrogens (tertiary/aromatic N) is 3. The molecule has 0 aliphatic heterocycles. The Morgan fingerprint density at radius 2 is 2.33 bits per heavy atom. The van der Waals surface area contributed by atoms with Crippen molar-refractivity contribution in [3.63, 3.8) is 0 Å². The van der Waals surface area contributed by atoms with Crippen molar-refractivity contribution in [3.8, 4) is 0 Å². The molecule has 0 bridgehead atoms. The van der Waals surface area contributed by atoms with Gasteiger partial charge in [0, 0.05) is 30.2 Å². The topological polar surface area (TPSA) is 59.8 Å². The molecule has 21 heavy (non-hydrogen) atoms. The molecule has 1 atom stereocenters. The minimum Gasteiger partial charge on any atom is -0.339 e. The third-order valence-electron chi connectivity index (χ3n) is 4.15. The largest absolute Gasteiger partial charge is 0.339 e. The Kier molecular flexibility index (Phi) is 3.57. The third-order valence-corrected chi connectivity index (χ3v) is 5.18. The maximum atomic E-state index is 12.5. The highest BCUT2D eigenvalue weighted by Crippen LogP contribution is 2.40. The zero-order valence-corrected chi connectivity index (χ0v) is 13.4. The smallest absolute Gasteiger partial charge is 0.272 e. The Morgan fingerprint density at radius 3 is 2.90 bits per heavy atom. The molecule has 112 valence electrons. The molecule has 0 unspecified atom stereocenters. The van der Waals surface area contributed by atoms with Gasteiger partial charge in [0.1, 0.15) is 10.7 Å². The molecule has 0 spiro atoms. The summed E-state index contributed by atoms with van der Waals surface area (Å²) in [5, 5.41) is 10.3. The number of aryl methyl sites for hydroxylation is 1. The number of rotatable bonds is 5. The summed E-state index contributed by atoms with van der Waals surface area (Å²) in [5.41, 5.74) is 1.21. The van der Waals surface area contributed by atoms with Gasteiger partial charge in [0.05, 0.1) is 5.54 Å². The average Bonchev–Trinajstić information content (AvgIpc) is 3.00. The molecule has 1 amide bonds. The zero-order valence-electron chi connectivity index (χ0n) is 12.6. The summed E-state index contributed by atoms with van der Waals surface area (Å²) in [5.74, 6) is 0.456. The fourth-order valence-corrected chi connectivity index (χ4v) is 3.29. The normalized spacial score (nSPS) is 17.5. The zero-order chi connectivity index (χ0) is 15.0. The van der Waals surface area contributed by atoms with E-state index < -0.39 is 5.54 Å². The molecule has 2 aromatic heterocycles. The molecule has 2 heterocycles. The quantitative estimate of drug-likeness (QED) is 0.924. The predicted molar refractivity (Wildman–Crippen MR) is 82.4 cm³/mol. The standard InChI is InChI=1S/C15H20N4OS/c1-4-15(2,14-16-7-8-21-14)17-13(20)11-9-12(10-5-6-10)19(3)18-11/h7-10H,4-6H2,1-3H3,(H,17,20)/t15-/m0/s1. The van der Waals surface area contributed by atoms with Crippen LogP contribution < -0.4 is 5.32 Å². The van der Waals surface area contributed by atoms with Gasteiger partial charge >= 0.3 is 0 Å². The molecular formula is C15H20N4OS. The van der Waals surface area contributed by atoms with E-state index in [0.29, 0.717) is 11.6 Å². The van der Waals surface area contributed by atoms with Crippen LogP contribution in [0.15, 0.2) is 17.6 Å². The van der Waals surface area contributed by atoms with Gasteiger partial charge in [0.15, 0.2) is 0 Å². The molecular weight excluding hydrogens is 284 g/mol. The predicted octanol–water partition coefficient (Wildman–Crippen LogP) is 2.81. The van der Waals surface area contributed by atoms with Crippen molar-refractivity contribution in [2.24, 2.45) is 7.05 Å². The van der Waals surface area contributed by atoms with E-state index in [1.54, 1.807) is 17.5 Å². The van der Waals surface area contributed by atoms with Gasteiger partial charge < -0.3 is 5.32 Å². The lowest BCUT2D eigenvalue weighted by molar-refractivity contribution is 0.0896. The highest BCUT2D eigenvalue weighted by Gasteiger charge is 2.32. The Balaban J connectivity index is 1.80. The fraction of sp³-hybridized carbons (Fsp3) is 0.533. The van der Waals surface area contributed by atoms with Gasteiger partial charge in [-0.25, -0.2) is 4.98 Å². The molecule has 1 fully saturated rings. The second-order valence-electron chi connectivity index (χ2n) is 5.83. The van der Waals surface area contributed by atoms with E-state index in [4.69, 9.17) is 0 Å². The number of hydrogen-bond acceptors (Lipinski definition) is 4. The molecule has 0 saturated heterocycles. The monoisotopic (exact) mass is 304 g/mol. The second-order valence-corrected chi connectivity index (χ2v) is 6.72. The summed E-state index contributed by atoms with van der Waals surface area (Å²) in [7, 11) is 1.91. The van der Waals surface area contributed by atoms with Crippen molar-refractivity contribution in [2.45, 2.75) is 44.6 Å². The lowest BCUT2D eigenvalue weighted by Crippen LogP contribution is -2.43. The molecule has 1 saturated carbocycles. The molecule has 0 aromatic carbocycles. The maximum Gasteiger partial charge on any atom is 0.272 e. The number of carbonyl (C=O) groups excluding carboxylic acids is 1. The van der Waals surface area contributed by atoms with Gasteiger partial charge in [-0.05, 0) is 32.3 Å². The number of hydrogen-bond donors (Lipinski definition) is 1. The van der Waals surface area contributed by atoms with Crippen LogP contribution in [0, 0.1) is 0 Å². The summed E-state index contributed by atoms with van der Waals surface area (Å²) < 4.78 is 1.83. The van der Waals surface area contributed by atoms with Gasteiger partial charge in [-0.2, -0.15) is 5.10 Å². The Labute approximate surface area is 128 Å². The summed E-state index contributed by atoms with van der Waals surface area (Å²) in [6.07, 6.45) is 4.96. The first-order valence-electron chi connectivity index (χ1n) is 7.30. The van der Waals surface area contributed by atoms with Crippen molar-refractivity contribution in [3.05, 3.63) is 34.0 Å². The van der Waals surface area contributed by atoms with Crippen LogP contribution >= 0.6 is 11.3 Å². The first kappa shape index (κ1) is 14.3. The van der Waals surface area contributed by atoms with Crippen molar-refractivity contribution in [2.75, 3.05) is 0 Å². The van der Waals surface area contributed by atoms with E-state index in [9.17, 15) is 4.79 Å². The highest BCUT2D eigenvalue weighted by molar-refractivity contribution is 7.09. The van der Waals surface area contributed by atoms with E-state index in [-0.39, 0.29) is 5.91 Å². The second kappa shape index (κ2) is 5.26. The molecule has 1 N–H and O–H groups in total. The molecule has 0 radical (unpaired) electrons. The fourth-order valence-electron chi connectivity index (χ4n) is 2.46.